The van der Waals surface area contributed by atoms with Crippen molar-refractivity contribution in [1.82, 2.24) is 4.98 Å². The predicted octanol–water partition coefficient (Wildman–Crippen LogP) is 2.68. The van der Waals surface area contributed by atoms with Crippen molar-refractivity contribution in [1.29, 1.82) is 5.41 Å². The number of carbonyl (C=O) groups excluding carboxylic acids is 1. The summed E-state index contributed by atoms with van der Waals surface area (Å²) < 4.78 is 0. The molecule has 124 valence electrons. The van der Waals surface area contributed by atoms with E-state index in [9.17, 15) is 9.90 Å². The van der Waals surface area contributed by atoms with E-state index >= 15 is 0 Å². The quantitative estimate of drug-likeness (QED) is 0.849. The smallest absolute Gasteiger partial charge is 0.272 e. The second-order valence-electron chi connectivity index (χ2n) is 6.36. The Kier molecular flexibility index (Phi) is 4.44. The van der Waals surface area contributed by atoms with Crippen LogP contribution in [0.25, 0.3) is 0 Å². The van der Waals surface area contributed by atoms with E-state index in [4.69, 9.17) is 5.41 Å². The third-order valence-corrected chi connectivity index (χ3v) is 4.42. The first-order valence-electron chi connectivity index (χ1n) is 8.09. The van der Waals surface area contributed by atoms with Crippen molar-refractivity contribution >= 4 is 17.3 Å². The molecule has 2 heterocycles. The normalized spacial score (nSPS) is 16.2. The van der Waals surface area contributed by atoms with E-state index in [1.54, 1.807) is 36.4 Å². The van der Waals surface area contributed by atoms with Gasteiger partial charge in [-0.15, -0.1) is 0 Å². The van der Waals surface area contributed by atoms with Gasteiger partial charge in [0.2, 0.25) is 0 Å². The number of hydrogen-bond donors (Lipinski definition) is 2. The molecular weight excluding hydrogens is 302 g/mol. The van der Waals surface area contributed by atoms with E-state index in [2.05, 4.69) is 4.98 Å². The van der Waals surface area contributed by atoms with Crippen LogP contribution in [0, 0.1) is 5.41 Å². The van der Waals surface area contributed by atoms with E-state index in [1.807, 2.05) is 24.3 Å². The van der Waals surface area contributed by atoms with Crippen LogP contribution in [0.15, 0.2) is 48.8 Å². The van der Waals surface area contributed by atoms with Crippen molar-refractivity contribution in [2.24, 2.45) is 0 Å². The summed E-state index contributed by atoms with van der Waals surface area (Å²) in [5, 5.41) is 18.9. The number of anilines is 1. The molecule has 2 aromatic rings. The number of fused-ring (bicyclic) bond motifs is 1. The minimum absolute atomic E-state index is 0.0454. The van der Waals surface area contributed by atoms with E-state index in [-0.39, 0.29) is 18.0 Å². The van der Waals surface area contributed by atoms with Gasteiger partial charge in [-0.3, -0.25) is 15.2 Å². The fraction of sp³-hybridized carbons (Fsp3) is 0.316. The number of rotatable bonds is 4. The van der Waals surface area contributed by atoms with Crippen LogP contribution >= 0.6 is 0 Å². The third kappa shape index (κ3) is 3.21. The minimum atomic E-state index is -1.30. The average molecular weight is 323 g/mol. The zero-order chi connectivity index (χ0) is 17.2. The molecule has 0 bridgehead atoms. The largest absolute Gasteiger partial charge is 0.385 e. The summed E-state index contributed by atoms with van der Waals surface area (Å²) >= 11 is 0. The van der Waals surface area contributed by atoms with Gasteiger partial charge in [-0.2, -0.15) is 0 Å². The molecule has 0 saturated heterocycles. The number of amides is 1. The molecule has 2 N–H and O–H groups in total. The highest BCUT2D eigenvalue weighted by Crippen LogP contribution is 2.29. The number of carbonyl (C=O) groups is 1. The molecule has 0 fully saturated rings. The summed E-state index contributed by atoms with van der Waals surface area (Å²) in [5.41, 5.74) is 1.21. The summed E-state index contributed by atoms with van der Waals surface area (Å²) in [6.07, 6.45) is 4.97. The SMILES string of the molecule is CC(O)(CC(=N)C(=O)N1CCCc2ccccc21)c1cccnc1. The lowest BCUT2D eigenvalue weighted by Gasteiger charge is -2.31. The van der Waals surface area contributed by atoms with Crippen molar-refractivity contribution in [3.8, 4) is 0 Å². The highest BCUT2D eigenvalue weighted by atomic mass is 16.3. The summed E-state index contributed by atoms with van der Waals surface area (Å²) in [6, 6.07) is 11.3. The van der Waals surface area contributed by atoms with Gasteiger partial charge in [0.1, 0.15) is 0 Å². The minimum Gasteiger partial charge on any atom is -0.385 e. The second kappa shape index (κ2) is 6.53. The predicted molar refractivity (Wildman–Crippen MR) is 93.3 cm³/mol. The summed E-state index contributed by atoms with van der Waals surface area (Å²) in [4.78, 5) is 18.4. The Labute approximate surface area is 141 Å². The number of aryl methyl sites for hydroxylation is 1. The van der Waals surface area contributed by atoms with Crippen molar-refractivity contribution in [3.63, 3.8) is 0 Å². The van der Waals surface area contributed by atoms with Crippen LogP contribution in [-0.2, 0) is 16.8 Å². The van der Waals surface area contributed by atoms with Gasteiger partial charge in [0.15, 0.2) is 0 Å². The number of benzene rings is 1. The van der Waals surface area contributed by atoms with Crippen LogP contribution in [0.1, 0.15) is 30.9 Å². The van der Waals surface area contributed by atoms with E-state index in [0.29, 0.717) is 12.1 Å². The van der Waals surface area contributed by atoms with E-state index < -0.39 is 5.60 Å². The van der Waals surface area contributed by atoms with Crippen LogP contribution in [0.2, 0.25) is 0 Å². The monoisotopic (exact) mass is 323 g/mol. The van der Waals surface area contributed by atoms with Crippen molar-refractivity contribution in [2.75, 3.05) is 11.4 Å². The van der Waals surface area contributed by atoms with Crippen LogP contribution in [-0.4, -0.2) is 28.3 Å². The van der Waals surface area contributed by atoms with Gasteiger partial charge in [0.25, 0.3) is 5.91 Å². The average Bonchev–Trinajstić information content (AvgIpc) is 2.61. The first-order valence-corrected chi connectivity index (χ1v) is 8.09. The van der Waals surface area contributed by atoms with Crippen LogP contribution < -0.4 is 4.90 Å². The molecule has 5 heteroatoms. The van der Waals surface area contributed by atoms with E-state index in [1.165, 1.54) is 0 Å². The van der Waals surface area contributed by atoms with Crippen molar-refractivity contribution in [3.05, 3.63) is 59.9 Å². The Bertz CT molecular complexity index is 756. The first-order chi connectivity index (χ1) is 11.5. The number of aromatic nitrogens is 1. The maximum Gasteiger partial charge on any atom is 0.272 e. The summed E-state index contributed by atoms with van der Waals surface area (Å²) in [6.45, 7) is 2.21. The highest BCUT2D eigenvalue weighted by Gasteiger charge is 2.31. The van der Waals surface area contributed by atoms with Gasteiger partial charge >= 0.3 is 0 Å². The highest BCUT2D eigenvalue weighted by molar-refractivity contribution is 6.42. The molecule has 0 aliphatic carbocycles. The fourth-order valence-electron chi connectivity index (χ4n) is 3.11. The molecule has 1 atom stereocenters. The number of nitrogens with zero attached hydrogens (tertiary/aromatic N) is 2. The Hall–Kier alpha value is -2.53. The molecule has 24 heavy (non-hydrogen) atoms. The van der Waals surface area contributed by atoms with Gasteiger partial charge in [0, 0.05) is 36.6 Å². The molecule has 0 spiro atoms. The standard InChI is InChI=1S/C19H21N3O2/c1-19(24,15-8-4-10-21-13-15)12-16(20)18(23)22-11-5-7-14-6-2-3-9-17(14)22/h2-4,6,8-10,13,20,24H,5,7,11-12H2,1H3. The number of hydrogen-bond acceptors (Lipinski definition) is 4. The Morgan fingerprint density at radius 3 is 2.88 bits per heavy atom. The lowest BCUT2D eigenvalue weighted by molar-refractivity contribution is -0.113. The number of para-hydroxylation sites is 1. The molecule has 1 amide bonds. The maximum absolute atomic E-state index is 12.7. The van der Waals surface area contributed by atoms with E-state index in [0.717, 1.165) is 24.1 Å². The van der Waals surface area contributed by atoms with Crippen LogP contribution in [0.5, 0.6) is 0 Å². The number of aliphatic hydroxyl groups is 1. The Balaban J connectivity index is 1.78. The molecular formula is C19H21N3O2. The maximum atomic E-state index is 12.7. The Morgan fingerprint density at radius 2 is 2.12 bits per heavy atom. The van der Waals surface area contributed by atoms with Gasteiger partial charge in [-0.1, -0.05) is 24.3 Å². The second-order valence-corrected chi connectivity index (χ2v) is 6.36. The first kappa shape index (κ1) is 16.3. The van der Waals surface area contributed by atoms with Crippen molar-refractivity contribution in [2.45, 2.75) is 31.8 Å². The Morgan fingerprint density at radius 1 is 1.33 bits per heavy atom. The van der Waals surface area contributed by atoms with Crippen molar-refractivity contribution < 1.29 is 9.90 Å². The fourth-order valence-corrected chi connectivity index (χ4v) is 3.11. The third-order valence-electron chi connectivity index (χ3n) is 4.42. The van der Waals surface area contributed by atoms with Gasteiger partial charge < -0.3 is 10.0 Å². The molecule has 0 radical (unpaired) electrons. The molecule has 1 aliphatic rings. The summed E-state index contributed by atoms with van der Waals surface area (Å²) in [5.74, 6) is -0.341. The zero-order valence-corrected chi connectivity index (χ0v) is 13.7. The number of nitrogens with one attached hydrogen (secondary N) is 1. The summed E-state index contributed by atoms with van der Waals surface area (Å²) in [7, 11) is 0. The zero-order valence-electron chi connectivity index (χ0n) is 13.7. The van der Waals surface area contributed by atoms with Gasteiger partial charge in [0.05, 0.1) is 11.3 Å². The van der Waals surface area contributed by atoms with Crippen LogP contribution in [0.3, 0.4) is 0 Å². The van der Waals surface area contributed by atoms with Crippen LogP contribution in [0.4, 0.5) is 5.69 Å². The molecule has 1 aromatic carbocycles. The molecule has 5 nitrogen and oxygen atoms in total. The lowest BCUT2D eigenvalue weighted by atomic mass is 9.91. The van der Waals surface area contributed by atoms with Gasteiger partial charge in [-0.05, 0) is 37.5 Å². The lowest BCUT2D eigenvalue weighted by Crippen LogP contribution is -2.42. The van der Waals surface area contributed by atoms with Gasteiger partial charge in [-0.25, -0.2) is 0 Å². The topological polar surface area (TPSA) is 77.3 Å². The molecule has 1 unspecified atom stereocenters. The molecule has 1 aliphatic heterocycles. The number of pyridine rings is 1. The molecule has 1 aromatic heterocycles. The molecule has 0 saturated carbocycles. The molecule has 3 rings (SSSR count).